The maximum Gasteiger partial charge on any atom is 0.411 e. The topological polar surface area (TPSA) is 86.0 Å². The van der Waals surface area contributed by atoms with Gasteiger partial charge in [-0.25, -0.2) is 0 Å². The summed E-state index contributed by atoms with van der Waals surface area (Å²) in [5.41, 5.74) is 3.47. The van der Waals surface area contributed by atoms with Crippen LogP contribution in [0.25, 0.3) is 0 Å². The summed E-state index contributed by atoms with van der Waals surface area (Å²) in [4.78, 5) is 11.1. The molecule has 1 aliphatic carbocycles. The van der Waals surface area contributed by atoms with Gasteiger partial charge in [-0.2, -0.15) is 28.1 Å². The predicted octanol–water partition coefficient (Wildman–Crippen LogP) is 1.75. The molecular weight excluding hydrogens is 263 g/mol. The van der Waals surface area contributed by atoms with E-state index >= 15 is 0 Å². The standard InChI is InChI=1S/C10H14F3N5O/c1-2-5-19-8-16-6(14)15-7(17-8)18-9(3-4-9)10(11,12)13/h2-5H2,1H3,(H3,14,15,16,17,18). The molecule has 1 heterocycles. The monoisotopic (exact) mass is 277 g/mol. The fourth-order valence-corrected chi connectivity index (χ4v) is 1.50. The number of nitrogen functional groups attached to an aromatic ring is 1. The molecule has 19 heavy (non-hydrogen) atoms. The lowest BCUT2D eigenvalue weighted by Gasteiger charge is -2.20. The number of hydrogen-bond donors (Lipinski definition) is 2. The summed E-state index contributed by atoms with van der Waals surface area (Å²) < 4.78 is 43.5. The third-order valence-electron chi connectivity index (χ3n) is 2.71. The smallest absolute Gasteiger partial charge is 0.411 e. The fourth-order valence-electron chi connectivity index (χ4n) is 1.50. The van der Waals surface area contributed by atoms with Gasteiger partial charge in [0.15, 0.2) is 0 Å². The van der Waals surface area contributed by atoms with Gasteiger partial charge in [0.1, 0.15) is 5.54 Å². The van der Waals surface area contributed by atoms with Gasteiger partial charge in [0, 0.05) is 0 Å². The highest BCUT2D eigenvalue weighted by atomic mass is 19.4. The molecular formula is C10H14F3N5O. The Morgan fingerprint density at radius 1 is 1.32 bits per heavy atom. The lowest BCUT2D eigenvalue weighted by Crippen LogP contribution is -2.39. The second-order valence-corrected chi connectivity index (χ2v) is 4.35. The van der Waals surface area contributed by atoms with E-state index in [1.807, 2.05) is 6.92 Å². The largest absolute Gasteiger partial charge is 0.463 e. The summed E-state index contributed by atoms with van der Waals surface area (Å²) in [6.07, 6.45) is -3.64. The summed E-state index contributed by atoms with van der Waals surface area (Å²) in [6, 6.07) is -0.0742. The van der Waals surface area contributed by atoms with Crippen molar-refractivity contribution < 1.29 is 17.9 Å². The number of ether oxygens (including phenoxy) is 1. The maximum atomic E-state index is 12.8. The number of nitrogens with zero attached hydrogens (tertiary/aromatic N) is 3. The van der Waals surface area contributed by atoms with E-state index in [0.717, 1.165) is 6.42 Å². The first-order chi connectivity index (χ1) is 8.86. The molecule has 0 saturated heterocycles. The number of nitrogens with one attached hydrogen (secondary N) is 1. The Kier molecular flexibility index (Phi) is 3.38. The Balaban J connectivity index is 2.14. The zero-order chi connectivity index (χ0) is 14.1. The van der Waals surface area contributed by atoms with Crippen LogP contribution in [0.4, 0.5) is 25.1 Å². The Bertz CT molecular complexity index is 461. The lowest BCUT2D eigenvalue weighted by atomic mass is 10.3. The number of nitrogens with two attached hydrogens (primary N) is 1. The molecule has 0 atom stereocenters. The normalized spacial score (nSPS) is 17.1. The molecule has 0 unspecified atom stereocenters. The lowest BCUT2D eigenvalue weighted by molar-refractivity contribution is -0.151. The Hall–Kier alpha value is -1.80. The minimum atomic E-state index is -4.35. The van der Waals surface area contributed by atoms with Gasteiger partial charge in [-0.05, 0) is 19.3 Å². The zero-order valence-corrected chi connectivity index (χ0v) is 10.3. The molecule has 1 aliphatic rings. The Morgan fingerprint density at radius 3 is 2.53 bits per heavy atom. The molecule has 1 fully saturated rings. The Morgan fingerprint density at radius 2 is 2.00 bits per heavy atom. The average Bonchev–Trinajstić information content (AvgIpc) is 3.06. The van der Waals surface area contributed by atoms with Gasteiger partial charge >= 0.3 is 12.2 Å². The molecule has 0 aromatic carbocycles. The van der Waals surface area contributed by atoms with Gasteiger partial charge in [-0.3, -0.25) is 0 Å². The van der Waals surface area contributed by atoms with Crippen LogP contribution in [0.2, 0.25) is 0 Å². The maximum absolute atomic E-state index is 12.8. The van der Waals surface area contributed by atoms with Gasteiger partial charge in [0.2, 0.25) is 11.9 Å². The van der Waals surface area contributed by atoms with Crippen LogP contribution < -0.4 is 15.8 Å². The van der Waals surface area contributed by atoms with E-state index in [1.54, 1.807) is 0 Å². The van der Waals surface area contributed by atoms with Crippen molar-refractivity contribution in [3.63, 3.8) is 0 Å². The second-order valence-electron chi connectivity index (χ2n) is 4.35. The summed E-state index contributed by atoms with van der Waals surface area (Å²) >= 11 is 0. The summed E-state index contributed by atoms with van der Waals surface area (Å²) in [6.45, 7) is 2.24. The van der Waals surface area contributed by atoms with Crippen LogP contribution in [0, 0.1) is 0 Å². The molecule has 0 spiro atoms. The first-order valence-corrected chi connectivity index (χ1v) is 5.85. The highest BCUT2D eigenvalue weighted by Crippen LogP contribution is 2.50. The van der Waals surface area contributed by atoms with Gasteiger partial charge in [0.05, 0.1) is 6.61 Å². The highest BCUT2D eigenvalue weighted by molar-refractivity contribution is 5.39. The van der Waals surface area contributed by atoms with Gasteiger partial charge in [0.25, 0.3) is 0 Å². The SMILES string of the molecule is CCCOc1nc(N)nc(NC2(C(F)(F)F)CC2)n1. The van der Waals surface area contributed by atoms with Crippen molar-refractivity contribution in [2.24, 2.45) is 0 Å². The summed E-state index contributed by atoms with van der Waals surface area (Å²) in [5.74, 6) is -0.394. The van der Waals surface area contributed by atoms with Crippen LogP contribution in [0.15, 0.2) is 0 Å². The number of aromatic nitrogens is 3. The van der Waals surface area contributed by atoms with E-state index in [0.29, 0.717) is 6.61 Å². The number of hydrogen-bond acceptors (Lipinski definition) is 6. The summed E-state index contributed by atoms with van der Waals surface area (Å²) in [7, 11) is 0. The van der Waals surface area contributed by atoms with Gasteiger partial charge < -0.3 is 15.8 Å². The van der Waals surface area contributed by atoms with E-state index in [-0.39, 0.29) is 30.7 Å². The zero-order valence-electron chi connectivity index (χ0n) is 10.3. The molecule has 9 heteroatoms. The molecule has 3 N–H and O–H groups in total. The van der Waals surface area contributed by atoms with Crippen molar-refractivity contribution in [3.8, 4) is 6.01 Å². The number of rotatable bonds is 5. The minimum Gasteiger partial charge on any atom is -0.463 e. The molecule has 0 radical (unpaired) electrons. The van der Waals surface area contributed by atoms with Crippen LogP contribution >= 0.6 is 0 Å². The molecule has 106 valence electrons. The van der Waals surface area contributed by atoms with E-state index in [9.17, 15) is 13.2 Å². The summed E-state index contributed by atoms with van der Waals surface area (Å²) in [5, 5.41) is 2.28. The van der Waals surface area contributed by atoms with Crippen LogP contribution in [0.3, 0.4) is 0 Å². The molecule has 0 aliphatic heterocycles. The minimum absolute atomic E-state index is 0.00671. The Labute approximate surface area is 107 Å². The predicted molar refractivity (Wildman–Crippen MR) is 61.7 cm³/mol. The number of halogens is 3. The first-order valence-electron chi connectivity index (χ1n) is 5.85. The van der Waals surface area contributed by atoms with E-state index in [4.69, 9.17) is 10.5 Å². The van der Waals surface area contributed by atoms with Crippen LogP contribution in [-0.2, 0) is 0 Å². The molecule has 0 amide bonds. The van der Waals surface area contributed by atoms with Crippen LogP contribution in [0.5, 0.6) is 6.01 Å². The van der Waals surface area contributed by atoms with Gasteiger partial charge in [-0.15, -0.1) is 0 Å². The molecule has 1 aromatic heterocycles. The van der Waals surface area contributed by atoms with Crippen molar-refractivity contribution in [3.05, 3.63) is 0 Å². The third kappa shape index (κ3) is 2.96. The number of alkyl halides is 3. The van der Waals surface area contributed by atoms with E-state index in [2.05, 4.69) is 20.3 Å². The van der Waals surface area contributed by atoms with E-state index < -0.39 is 11.7 Å². The van der Waals surface area contributed by atoms with Crippen molar-refractivity contribution in [1.29, 1.82) is 0 Å². The second kappa shape index (κ2) is 4.71. The first kappa shape index (κ1) is 13.6. The third-order valence-corrected chi connectivity index (χ3v) is 2.71. The molecule has 0 bridgehead atoms. The molecule has 1 aromatic rings. The molecule has 1 saturated carbocycles. The van der Waals surface area contributed by atoms with Crippen LogP contribution in [0.1, 0.15) is 26.2 Å². The average molecular weight is 277 g/mol. The quantitative estimate of drug-likeness (QED) is 0.852. The van der Waals surface area contributed by atoms with Crippen molar-refractivity contribution in [2.45, 2.75) is 37.9 Å². The number of anilines is 2. The van der Waals surface area contributed by atoms with E-state index in [1.165, 1.54) is 0 Å². The van der Waals surface area contributed by atoms with Crippen molar-refractivity contribution in [1.82, 2.24) is 15.0 Å². The molecule has 6 nitrogen and oxygen atoms in total. The van der Waals surface area contributed by atoms with Crippen LogP contribution in [-0.4, -0.2) is 33.3 Å². The van der Waals surface area contributed by atoms with Crippen molar-refractivity contribution in [2.75, 3.05) is 17.7 Å². The van der Waals surface area contributed by atoms with Gasteiger partial charge in [-0.1, -0.05) is 6.92 Å². The molecule has 2 rings (SSSR count). The fraction of sp³-hybridized carbons (Fsp3) is 0.700. The highest BCUT2D eigenvalue weighted by Gasteiger charge is 2.64. The van der Waals surface area contributed by atoms with Crippen molar-refractivity contribution >= 4 is 11.9 Å².